The number of H-pyrrole nitrogens is 1. The molecule has 10 heteroatoms. The van der Waals surface area contributed by atoms with Gasteiger partial charge in [0.1, 0.15) is 0 Å². The maximum Gasteiger partial charge on any atom is 0.259 e. The van der Waals surface area contributed by atoms with Gasteiger partial charge >= 0.3 is 0 Å². The molecule has 3 aliphatic rings. The predicted molar refractivity (Wildman–Crippen MR) is 136 cm³/mol. The molecule has 2 aromatic heterocycles. The molecule has 1 amide bonds. The molecule has 2 saturated heterocycles. The molecular formula is C27H33F2N5O3. The lowest BCUT2D eigenvalue weighted by Crippen LogP contribution is -2.53. The Labute approximate surface area is 213 Å². The summed E-state index contributed by atoms with van der Waals surface area (Å²) < 4.78 is 34.6. The van der Waals surface area contributed by atoms with Crippen molar-refractivity contribution < 1.29 is 18.3 Å². The number of piperazine rings is 1. The maximum absolute atomic E-state index is 13.7. The molecule has 0 atom stereocenters. The summed E-state index contributed by atoms with van der Waals surface area (Å²) in [6.07, 6.45) is 4.20. The Kier molecular flexibility index (Phi) is 6.27. The van der Waals surface area contributed by atoms with Crippen molar-refractivity contribution in [3.05, 3.63) is 39.8 Å². The van der Waals surface area contributed by atoms with E-state index < -0.39 is 5.92 Å². The van der Waals surface area contributed by atoms with Crippen LogP contribution in [0.2, 0.25) is 0 Å². The van der Waals surface area contributed by atoms with E-state index in [0.717, 1.165) is 29.3 Å². The van der Waals surface area contributed by atoms with Crippen LogP contribution in [0, 0.1) is 6.92 Å². The molecule has 0 bridgehead atoms. The molecule has 1 aliphatic carbocycles. The largest absolute Gasteiger partial charge is 0.381 e. The van der Waals surface area contributed by atoms with Crippen molar-refractivity contribution in [3.63, 3.8) is 0 Å². The highest BCUT2D eigenvalue weighted by Crippen LogP contribution is 2.35. The van der Waals surface area contributed by atoms with Crippen LogP contribution in [0.25, 0.3) is 21.8 Å². The number of aromatic nitrogens is 3. The minimum Gasteiger partial charge on any atom is -0.381 e. The number of fused-ring (bicyclic) bond motifs is 3. The molecule has 37 heavy (non-hydrogen) atoms. The van der Waals surface area contributed by atoms with Crippen LogP contribution in [0.15, 0.2) is 23.1 Å². The highest BCUT2D eigenvalue weighted by Gasteiger charge is 2.38. The van der Waals surface area contributed by atoms with Crippen molar-refractivity contribution >= 4 is 27.7 Å². The van der Waals surface area contributed by atoms with Gasteiger partial charge in [-0.05, 0) is 50.3 Å². The molecular weight excluding hydrogens is 480 g/mol. The normalized spacial score (nSPS) is 22.2. The lowest BCUT2D eigenvalue weighted by atomic mass is 9.91. The molecule has 8 nitrogen and oxygen atoms in total. The van der Waals surface area contributed by atoms with Crippen molar-refractivity contribution in [3.8, 4) is 0 Å². The zero-order chi connectivity index (χ0) is 25.7. The first-order valence-electron chi connectivity index (χ1n) is 13.3. The van der Waals surface area contributed by atoms with E-state index in [4.69, 9.17) is 4.74 Å². The summed E-state index contributed by atoms with van der Waals surface area (Å²) >= 11 is 0. The Morgan fingerprint density at radius 3 is 2.43 bits per heavy atom. The first-order chi connectivity index (χ1) is 17.8. The number of aromatic amines is 1. The summed E-state index contributed by atoms with van der Waals surface area (Å²) in [5.74, 6) is -2.57. The van der Waals surface area contributed by atoms with Gasteiger partial charge in [0.25, 0.3) is 11.5 Å². The van der Waals surface area contributed by atoms with Crippen molar-refractivity contribution in [2.24, 2.45) is 0 Å². The first kappa shape index (κ1) is 24.5. The molecule has 0 unspecified atom stereocenters. The second-order valence-electron chi connectivity index (χ2n) is 10.8. The van der Waals surface area contributed by atoms with E-state index in [1.807, 2.05) is 28.6 Å². The number of amides is 1. The van der Waals surface area contributed by atoms with Gasteiger partial charge in [0.2, 0.25) is 5.92 Å². The SMILES string of the molecule is Cc1cc2[nH]c(=O)c3cnn(C4CCOCC4)c3c2cc1C(=O)N1CCN(C2CCC(F)(F)CC2)CC1. The quantitative estimate of drug-likeness (QED) is 0.575. The van der Waals surface area contributed by atoms with Gasteiger partial charge in [-0.1, -0.05) is 0 Å². The number of rotatable bonds is 3. The number of nitrogens with zero attached hydrogens (tertiary/aromatic N) is 4. The lowest BCUT2D eigenvalue weighted by Gasteiger charge is -2.42. The number of halogens is 2. The van der Waals surface area contributed by atoms with Crippen LogP contribution in [0.3, 0.4) is 0 Å². The third-order valence-electron chi connectivity index (χ3n) is 8.48. The van der Waals surface area contributed by atoms with Crippen molar-refractivity contribution in [2.75, 3.05) is 39.4 Å². The zero-order valence-corrected chi connectivity index (χ0v) is 21.1. The number of carbonyl (C=O) groups is 1. The minimum absolute atomic E-state index is 0.0364. The van der Waals surface area contributed by atoms with Crippen molar-refractivity contribution in [1.82, 2.24) is 24.6 Å². The molecule has 2 aliphatic heterocycles. The van der Waals surface area contributed by atoms with Crippen LogP contribution in [-0.2, 0) is 4.74 Å². The number of benzene rings is 1. The van der Waals surface area contributed by atoms with E-state index in [1.54, 1.807) is 6.20 Å². The fraction of sp³-hybridized carbons (Fsp3) is 0.593. The predicted octanol–water partition coefficient (Wildman–Crippen LogP) is 3.87. The molecule has 6 rings (SSSR count). The second-order valence-corrected chi connectivity index (χ2v) is 10.8. The molecule has 1 aromatic carbocycles. The number of nitrogens with one attached hydrogen (secondary N) is 1. The van der Waals surface area contributed by atoms with Gasteiger partial charge in [0.15, 0.2) is 0 Å². The van der Waals surface area contributed by atoms with Gasteiger partial charge < -0.3 is 14.6 Å². The van der Waals surface area contributed by atoms with Gasteiger partial charge in [-0.15, -0.1) is 0 Å². The Morgan fingerprint density at radius 1 is 1.03 bits per heavy atom. The van der Waals surface area contributed by atoms with Crippen molar-refractivity contribution in [1.29, 1.82) is 0 Å². The molecule has 0 radical (unpaired) electrons. The van der Waals surface area contributed by atoms with Gasteiger partial charge in [0.05, 0.1) is 28.7 Å². The average Bonchev–Trinajstić information content (AvgIpc) is 3.35. The van der Waals surface area contributed by atoms with Gasteiger partial charge in [-0.25, -0.2) is 8.78 Å². The minimum atomic E-state index is -2.53. The molecule has 198 valence electrons. The summed E-state index contributed by atoms with van der Waals surface area (Å²) in [6.45, 7) is 5.75. The molecule has 0 spiro atoms. The molecule has 4 heterocycles. The van der Waals surface area contributed by atoms with E-state index in [9.17, 15) is 18.4 Å². The summed E-state index contributed by atoms with van der Waals surface area (Å²) in [6, 6.07) is 4.10. The van der Waals surface area contributed by atoms with Crippen LogP contribution in [0.5, 0.6) is 0 Å². The topological polar surface area (TPSA) is 83.5 Å². The summed E-state index contributed by atoms with van der Waals surface area (Å²) in [7, 11) is 0. The number of pyridine rings is 1. The van der Waals surface area contributed by atoms with E-state index in [-0.39, 0.29) is 36.4 Å². The van der Waals surface area contributed by atoms with Crippen LogP contribution in [0.1, 0.15) is 60.5 Å². The van der Waals surface area contributed by atoms with Crippen LogP contribution in [-0.4, -0.2) is 81.8 Å². The fourth-order valence-electron chi connectivity index (χ4n) is 6.28. The van der Waals surface area contributed by atoms with Crippen molar-refractivity contribution in [2.45, 2.75) is 63.5 Å². The zero-order valence-electron chi connectivity index (χ0n) is 21.1. The summed E-state index contributed by atoms with van der Waals surface area (Å²) in [4.78, 5) is 33.6. The molecule has 3 fully saturated rings. The smallest absolute Gasteiger partial charge is 0.259 e. The lowest BCUT2D eigenvalue weighted by molar-refractivity contribution is -0.0571. The third-order valence-corrected chi connectivity index (χ3v) is 8.48. The molecule has 1 N–H and O–H groups in total. The van der Waals surface area contributed by atoms with Gasteiger partial charge in [-0.3, -0.25) is 19.2 Å². The monoisotopic (exact) mass is 513 g/mol. The Hall–Kier alpha value is -2.85. The number of hydrogen-bond donors (Lipinski definition) is 1. The number of aryl methyl sites for hydroxylation is 1. The highest BCUT2D eigenvalue weighted by atomic mass is 19.3. The third kappa shape index (κ3) is 4.54. The van der Waals surface area contributed by atoms with Gasteiger partial charge in [-0.2, -0.15) is 5.10 Å². The maximum atomic E-state index is 13.7. The Morgan fingerprint density at radius 2 is 1.73 bits per heavy atom. The molecule has 3 aromatic rings. The van der Waals surface area contributed by atoms with E-state index in [0.29, 0.717) is 68.7 Å². The van der Waals surface area contributed by atoms with E-state index >= 15 is 0 Å². The standard InChI is InChI=1S/C27H33F2N5O3/c1-17-14-23-21(24-22(25(35)31-23)16-30-34(24)19-4-12-37-13-5-19)15-20(17)26(36)33-10-8-32(9-11-33)18-2-6-27(28,29)7-3-18/h14-16,18-19H,2-13H2,1H3,(H,31,35). The van der Waals surface area contributed by atoms with Crippen LogP contribution < -0.4 is 5.56 Å². The Bertz CT molecular complexity index is 1380. The number of ether oxygens (including phenoxy) is 1. The fourth-order valence-corrected chi connectivity index (χ4v) is 6.28. The van der Waals surface area contributed by atoms with E-state index in [2.05, 4.69) is 15.0 Å². The second kappa shape index (κ2) is 9.47. The summed E-state index contributed by atoms with van der Waals surface area (Å²) in [5.41, 5.74) is 2.70. The number of hydrogen-bond acceptors (Lipinski definition) is 5. The highest BCUT2D eigenvalue weighted by molar-refractivity contribution is 6.07. The molecule has 1 saturated carbocycles. The Balaban J connectivity index is 1.27. The first-order valence-corrected chi connectivity index (χ1v) is 13.3. The van der Waals surface area contributed by atoms with Gasteiger partial charge in [0, 0.05) is 69.2 Å². The summed E-state index contributed by atoms with van der Waals surface area (Å²) in [5, 5.41) is 5.91. The number of carbonyl (C=O) groups excluding carboxylic acids is 1. The van der Waals surface area contributed by atoms with Crippen LogP contribution >= 0.6 is 0 Å². The van der Waals surface area contributed by atoms with Crippen LogP contribution in [0.4, 0.5) is 8.78 Å². The number of alkyl halides is 2. The average molecular weight is 514 g/mol. The van der Waals surface area contributed by atoms with E-state index in [1.165, 1.54) is 0 Å².